The molecule has 1 aromatic heterocycles. The average molecular weight is 224 g/mol. The Kier molecular flexibility index (Phi) is 5.74. The maximum Gasteiger partial charge on any atom is 0.0964 e. The van der Waals surface area contributed by atoms with Crippen molar-refractivity contribution in [2.24, 2.45) is 0 Å². The Balaban J connectivity index is 2.31. The van der Waals surface area contributed by atoms with Crippen LogP contribution >= 0.6 is 0 Å². The predicted octanol–water partition coefficient (Wildman–Crippen LogP) is 0.715. The maximum atomic E-state index is 8.69. The summed E-state index contributed by atoms with van der Waals surface area (Å²) < 4.78 is 1.76. The molecular weight excluding hydrogens is 204 g/mol. The Hall–Kier alpha value is -1.20. The van der Waals surface area contributed by atoms with Gasteiger partial charge in [0.2, 0.25) is 0 Å². The quantitative estimate of drug-likeness (QED) is 0.639. The Morgan fingerprint density at radius 2 is 2.50 bits per heavy atom. The lowest BCUT2D eigenvalue weighted by molar-refractivity contribution is 0.276. The third kappa shape index (κ3) is 4.55. The molecule has 1 unspecified atom stereocenters. The van der Waals surface area contributed by atoms with E-state index in [0.717, 1.165) is 12.1 Å². The van der Waals surface area contributed by atoms with E-state index in [1.807, 2.05) is 12.3 Å². The molecule has 0 bridgehead atoms. The molecule has 1 heterocycles. The van der Waals surface area contributed by atoms with E-state index in [9.17, 15) is 0 Å². The van der Waals surface area contributed by atoms with Gasteiger partial charge in [0.05, 0.1) is 5.69 Å². The summed E-state index contributed by atoms with van der Waals surface area (Å²) in [6.45, 7) is 7.42. The van der Waals surface area contributed by atoms with Crippen molar-refractivity contribution in [3.8, 4) is 0 Å². The van der Waals surface area contributed by atoms with E-state index in [1.54, 1.807) is 4.68 Å². The van der Waals surface area contributed by atoms with Crippen LogP contribution < -0.4 is 5.32 Å². The topological polar surface area (TPSA) is 63.0 Å². The van der Waals surface area contributed by atoms with Crippen LogP contribution in [0.5, 0.6) is 0 Å². The predicted molar refractivity (Wildman–Crippen MR) is 62.8 cm³/mol. The SMILES string of the molecule is C=CCC(C)NCc1cn(CCCO)nn1. The van der Waals surface area contributed by atoms with E-state index < -0.39 is 0 Å². The van der Waals surface area contributed by atoms with Gasteiger partial charge in [-0.05, 0) is 19.8 Å². The van der Waals surface area contributed by atoms with E-state index >= 15 is 0 Å². The molecule has 0 saturated heterocycles. The third-order valence-corrected chi connectivity index (χ3v) is 2.28. The minimum Gasteiger partial charge on any atom is -0.396 e. The van der Waals surface area contributed by atoms with Gasteiger partial charge in [-0.3, -0.25) is 4.68 Å². The van der Waals surface area contributed by atoms with Crippen molar-refractivity contribution in [2.75, 3.05) is 6.61 Å². The fourth-order valence-electron chi connectivity index (χ4n) is 1.37. The second kappa shape index (κ2) is 7.14. The summed E-state index contributed by atoms with van der Waals surface area (Å²) in [6, 6.07) is 0.403. The number of nitrogens with zero attached hydrogens (tertiary/aromatic N) is 3. The van der Waals surface area contributed by atoms with E-state index in [4.69, 9.17) is 5.11 Å². The van der Waals surface area contributed by atoms with Crippen molar-refractivity contribution in [2.45, 2.75) is 38.9 Å². The number of nitrogens with one attached hydrogen (secondary N) is 1. The Morgan fingerprint density at radius 3 is 3.19 bits per heavy atom. The lowest BCUT2D eigenvalue weighted by Crippen LogP contribution is -2.24. The van der Waals surface area contributed by atoms with Crippen molar-refractivity contribution in [1.29, 1.82) is 0 Å². The molecule has 0 saturated carbocycles. The summed E-state index contributed by atoms with van der Waals surface area (Å²) in [5, 5.41) is 20.0. The van der Waals surface area contributed by atoms with Gasteiger partial charge >= 0.3 is 0 Å². The molecule has 1 aromatic rings. The van der Waals surface area contributed by atoms with Gasteiger partial charge in [-0.2, -0.15) is 0 Å². The van der Waals surface area contributed by atoms with Gasteiger partial charge in [0.1, 0.15) is 0 Å². The van der Waals surface area contributed by atoms with Gasteiger partial charge in [0, 0.05) is 31.9 Å². The highest BCUT2D eigenvalue weighted by Gasteiger charge is 2.02. The lowest BCUT2D eigenvalue weighted by atomic mass is 10.2. The van der Waals surface area contributed by atoms with E-state index in [1.165, 1.54) is 0 Å². The largest absolute Gasteiger partial charge is 0.396 e. The first-order chi connectivity index (χ1) is 7.76. The summed E-state index contributed by atoms with van der Waals surface area (Å²) >= 11 is 0. The zero-order chi connectivity index (χ0) is 11.8. The average Bonchev–Trinajstić information content (AvgIpc) is 2.72. The molecule has 90 valence electrons. The van der Waals surface area contributed by atoms with Crippen LogP contribution in [0.2, 0.25) is 0 Å². The molecular formula is C11H20N4O. The van der Waals surface area contributed by atoms with Crippen LogP contribution in [-0.4, -0.2) is 32.7 Å². The highest BCUT2D eigenvalue weighted by Crippen LogP contribution is 1.97. The molecule has 0 aliphatic carbocycles. The molecule has 0 aliphatic heterocycles. The monoisotopic (exact) mass is 224 g/mol. The number of aromatic nitrogens is 3. The van der Waals surface area contributed by atoms with Crippen LogP contribution in [0, 0.1) is 0 Å². The zero-order valence-corrected chi connectivity index (χ0v) is 9.76. The van der Waals surface area contributed by atoms with E-state index in [-0.39, 0.29) is 6.61 Å². The third-order valence-electron chi connectivity index (χ3n) is 2.28. The summed E-state index contributed by atoms with van der Waals surface area (Å²) in [7, 11) is 0. The molecule has 0 fully saturated rings. The van der Waals surface area contributed by atoms with Crippen molar-refractivity contribution in [1.82, 2.24) is 20.3 Å². The van der Waals surface area contributed by atoms with Crippen LogP contribution in [0.3, 0.4) is 0 Å². The van der Waals surface area contributed by atoms with Gasteiger partial charge in [0.15, 0.2) is 0 Å². The standard InChI is InChI=1S/C11H20N4O/c1-3-5-10(2)12-8-11-9-15(14-13-11)6-4-7-16/h3,9-10,12,16H,1,4-8H2,2H3. The molecule has 1 rings (SSSR count). The normalized spacial score (nSPS) is 12.6. The number of aryl methyl sites for hydroxylation is 1. The van der Waals surface area contributed by atoms with E-state index in [0.29, 0.717) is 25.6 Å². The number of aliphatic hydroxyl groups is 1. The molecule has 0 spiro atoms. The van der Waals surface area contributed by atoms with Gasteiger partial charge in [-0.1, -0.05) is 11.3 Å². The van der Waals surface area contributed by atoms with Crippen molar-refractivity contribution >= 4 is 0 Å². The number of aliphatic hydroxyl groups excluding tert-OH is 1. The zero-order valence-electron chi connectivity index (χ0n) is 9.76. The molecule has 0 aromatic carbocycles. The molecule has 0 amide bonds. The van der Waals surface area contributed by atoms with Crippen LogP contribution in [-0.2, 0) is 13.1 Å². The minimum atomic E-state index is 0.184. The second-order valence-electron chi connectivity index (χ2n) is 3.86. The number of hydrogen-bond donors (Lipinski definition) is 2. The number of hydrogen-bond acceptors (Lipinski definition) is 4. The van der Waals surface area contributed by atoms with E-state index in [2.05, 4.69) is 29.1 Å². The van der Waals surface area contributed by atoms with Gasteiger partial charge in [-0.25, -0.2) is 0 Å². The van der Waals surface area contributed by atoms with Crippen LogP contribution in [0.15, 0.2) is 18.9 Å². The summed E-state index contributed by atoms with van der Waals surface area (Å²) in [6.07, 6.45) is 5.46. The maximum absolute atomic E-state index is 8.69. The molecule has 0 aliphatic rings. The van der Waals surface area contributed by atoms with Crippen LogP contribution in [0.1, 0.15) is 25.5 Å². The molecule has 5 heteroatoms. The van der Waals surface area contributed by atoms with Crippen LogP contribution in [0.4, 0.5) is 0 Å². The molecule has 0 radical (unpaired) electrons. The van der Waals surface area contributed by atoms with Gasteiger partial charge in [-0.15, -0.1) is 11.7 Å². The highest BCUT2D eigenvalue weighted by molar-refractivity contribution is 4.92. The van der Waals surface area contributed by atoms with Crippen molar-refractivity contribution < 1.29 is 5.11 Å². The lowest BCUT2D eigenvalue weighted by Gasteiger charge is -2.08. The summed E-state index contributed by atoms with van der Waals surface area (Å²) in [5.74, 6) is 0. The van der Waals surface area contributed by atoms with Gasteiger partial charge in [0.25, 0.3) is 0 Å². The summed E-state index contributed by atoms with van der Waals surface area (Å²) in [5.41, 5.74) is 0.925. The first-order valence-corrected chi connectivity index (χ1v) is 5.60. The fourth-order valence-corrected chi connectivity index (χ4v) is 1.37. The van der Waals surface area contributed by atoms with Crippen LogP contribution in [0.25, 0.3) is 0 Å². The molecule has 16 heavy (non-hydrogen) atoms. The van der Waals surface area contributed by atoms with Crippen molar-refractivity contribution in [3.63, 3.8) is 0 Å². The molecule has 5 nitrogen and oxygen atoms in total. The Morgan fingerprint density at radius 1 is 1.69 bits per heavy atom. The van der Waals surface area contributed by atoms with Crippen molar-refractivity contribution in [3.05, 3.63) is 24.5 Å². The second-order valence-corrected chi connectivity index (χ2v) is 3.86. The highest BCUT2D eigenvalue weighted by atomic mass is 16.3. The minimum absolute atomic E-state index is 0.184. The first kappa shape index (κ1) is 12.9. The number of rotatable bonds is 8. The Labute approximate surface area is 96.2 Å². The fraction of sp³-hybridized carbons (Fsp3) is 0.636. The smallest absolute Gasteiger partial charge is 0.0964 e. The Bertz CT molecular complexity index is 311. The van der Waals surface area contributed by atoms with Gasteiger partial charge < -0.3 is 10.4 Å². The molecule has 1 atom stereocenters. The molecule has 2 N–H and O–H groups in total. The first-order valence-electron chi connectivity index (χ1n) is 5.60. The summed E-state index contributed by atoms with van der Waals surface area (Å²) in [4.78, 5) is 0.